The van der Waals surface area contributed by atoms with Gasteiger partial charge in [-0.3, -0.25) is 0 Å². The fourth-order valence-electron chi connectivity index (χ4n) is 2.95. The van der Waals surface area contributed by atoms with Gasteiger partial charge in [0, 0.05) is 12.6 Å². The molecule has 5 nitrogen and oxygen atoms in total. The maximum Gasteiger partial charge on any atom is 0.329 e. The van der Waals surface area contributed by atoms with Gasteiger partial charge in [-0.1, -0.05) is 33.6 Å². The lowest BCUT2D eigenvalue weighted by molar-refractivity contribution is -0.148. The van der Waals surface area contributed by atoms with E-state index in [1.807, 2.05) is 13.8 Å². The summed E-state index contributed by atoms with van der Waals surface area (Å²) in [6.45, 7) is 8.64. The molecule has 1 rings (SSSR count). The largest absolute Gasteiger partial charge is 0.479 e. The number of nitrogens with zero attached hydrogens (tertiary/aromatic N) is 1. The number of hydrogen-bond acceptors (Lipinski definition) is 2. The SMILES string of the molecule is CCCC1(C(=O)O)CCCN1C(=O)NC(C)C(C)CC. The van der Waals surface area contributed by atoms with Crippen molar-refractivity contribution >= 4 is 12.0 Å². The van der Waals surface area contributed by atoms with Crippen molar-refractivity contribution in [3.63, 3.8) is 0 Å². The Morgan fingerprint density at radius 2 is 2.00 bits per heavy atom. The number of aliphatic carboxylic acids is 1. The molecule has 2 amide bonds. The molecule has 0 aliphatic carbocycles. The first-order valence-corrected chi connectivity index (χ1v) is 7.70. The summed E-state index contributed by atoms with van der Waals surface area (Å²) in [7, 11) is 0. The predicted octanol–water partition coefficient (Wildman–Crippen LogP) is 2.85. The number of urea groups is 1. The zero-order valence-electron chi connectivity index (χ0n) is 13.1. The van der Waals surface area contributed by atoms with Gasteiger partial charge in [0.2, 0.25) is 0 Å². The summed E-state index contributed by atoms with van der Waals surface area (Å²) < 4.78 is 0. The summed E-state index contributed by atoms with van der Waals surface area (Å²) in [6.07, 6.45) is 3.59. The molecule has 1 aliphatic heterocycles. The lowest BCUT2D eigenvalue weighted by Gasteiger charge is -2.36. The van der Waals surface area contributed by atoms with E-state index in [2.05, 4.69) is 19.2 Å². The van der Waals surface area contributed by atoms with Crippen LogP contribution in [0.25, 0.3) is 0 Å². The van der Waals surface area contributed by atoms with Crippen LogP contribution in [-0.2, 0) is 4.79 Å². The van der Waals surface area contributed by atoms with Crippen LogP contribution in [0, 0.1) is 5.92 Å². The van der Waals surface area contributed by atoms with Crippen molar-refractivity contribution in [3.8, 4) is 0 Å². The minimum absolute atomic E-state index is 0.0567. The minimum Gasteiger partial charge on any atom is -0.479 e. The number of amides is 2. The molecule has 0 bridgehead atoms. The van der Waals surface area contributed by atoms with Crippen LogP contribution in [0.15, 0.2) is 0 Å². The molecule has 0 aromatic carbocycles. The van der Waals surface area contributed by atoms with Crippen LogP contribution >= 0.6 is 0 Å². The van der Waals surface area contributed by atoms with Gasteiger partial charge in [-0.2, -0.15) is 0 Å². The summed E-state index contributed by atoms with van der Waals surface area (Å²) in [5.74, 6) is -0.491. The Labute approximate surface area is 121 Å². The number of carbonyl (C=O) groups excluding carboxylic acids is 1. The van der Waals surface area contributed by atoms with E-state index in [1.54, 1.807) is 0 Å². The molecule has 5 heteroatoms. The van der Waals surface area contributed by atoms with Gasteiger partial charge in [-0.15, -0.1) is 0 Å². The molecule has 3 atom stereocenters. The van der Waals surface area contributed by atoms with Crippen molar-refractivity contribution in [3.05, 3.63) is 0 Å². The van der Waals surface area contributed by atoms with Gasteiger partial charge in [0.1, 0.15) is 5.54 Å². The lowest BCUT2D eigenvalue weighted by Crippen LogP contribution is -2.57. The molecule has 116 valence electrons. The molecule has 1 heterocycles. The van der Waals surface area contributed by atoms with Crippen LogP contribution < -0.4 is 5.32 Å². The molecule has 1 saturated heterocycles. The molecular formula is C15H28N2O3. The number of nitrogens with one attached hydrogen (secondary N) is 1. The van der Waals surface area contributed by atoms with Gasteiger partial charge in [0.05, 0.1) is 0 Å². The number of carboxylic acid groups (broad SMARTS) is 1. The number of carbonyl (C=O) groups is 2. The van der Waals surface area contributed by atoms with Crippen molar-refractivity contribution in [1.29, 1.82) is 0 Å². The summed E-state index contributed by atoms with van der Waals surface area (Å²) >= 11 is 0. The van der Waals surface area contributed by atoms with Crippen molar-refractivity contribution in [2.75, 3.05) is 6.54 Å². The van der Waals surface area contributed by atoms with Gasteiger partial charge in [-0.25, -0.2) is 9.59 Å². The van der Waals surface area contributed by atoms with Crippen molar-refractivity contribution in [1.82, 2.24) is 10.2 Å². The topological polar surface area (TPSA) is 69.6 Å². The van der Waals surface area contributed by atoms with Crippen LogP contribution in [0.4, 0.5) is 4.79 Å². The second kappa shape index (κ2) is 6.95. The van der Waals surface area contributed by atoms with Gasteiger partial charge in [0.15, 0.2) is 0 Å². The third-order valence-corrected chi connectivity index (χ3v) is 4.64. The highest BCUT2D eigenvalue weighted by molar-refractivity contribution is 5.87. The summed E-state index contributed by atoms with van der Waals surface area (Å²) in [5, 5.41) is 12.5. The fraction of sp³-hybridized carbons (Fsp3) is 0.867. The van der Waals surface area contributed by atoms with Crippen LogP contribution in [0.2, 0.25) is 0 Å². The standard InChI is InChI=1S/C15H28N2O3/c1-5-8-15(13(18)19)9-7-10-17(15)14(20)16-12(4)11(3)6-2/h11-12H,5-10H2,1-4H3,(H,16,20)(H,18,19). The van der Waals surface area contributed by atoms with Crippen LogP contribution in [-0.4, -0.2) is 40.1 Å². The molecule has 2 N–H and O–H groups in total. The summed E-state index contributed by atoms with van der Waals surface area (Å²) in [6, 6.07) is -0.174. The molecule has 20 heavy (non-hydrogen) atoms. The molecule has 0 aromatic heterocycles. The van der Waals surface area contributed by atoms with E-state index in [0.717, 1.165) is 19.3 Å². The number of rotatable bonds is 6. The molecule has 0 radical (unpaired) electrons. The van der Waals surface area contributed by atoms with Crippen LogP contribution in [0.3, 0.4) is 0 Å². The van der Waals surface area contributed by atoms with Crippen molar-refractivity contribution < 1.29 is 14.7 Å². The average Bonchev–Trinajstić information content (AvgIpc) is 2.83. The third kappa shape index (κ3) is 3.25. The van der Waals surface area contributed by atoms with E-state index >= 15 is 0 Å². The second-order valence-corrected chi connectivity index (χ2v) is 5.97. The van der Waals surface area contributed by atoms with Crippen LogP contribution in [0.1, 0.15) is 59.8 Å². The van der Waals surface area contributed by atoms with Crippen molar-refractivity contribution in [2.24, 2.45) is 5.92 Å². The third-order valence-electron chi connectivity index (χ3n) is 4.64. The second-order valence-electron chi connectivity index (χ2n) is 5.97. The zero-order valence-corrected chi connectivity index (χ0v) is 13.1. The first kappa shape index (κ1) is 16.8. The zero-order chi connectivity index (χ0) is 15.3. The van der Waals surface area contributed by atoms with E-state index in [4.69, 9.17) is 0 Å². The highest BCUT2D eigenvalue weighted by Crippen LogP contribution is 2.34. The molecule has 3 unspecified atom stereocenters. The Hall–Kier alpha value is -1.26. The summed E-state index contributed by atoms with van der Waals surface area (Å²) in [4.78, 5) is 25.6. The smallest absolute Gasteiger partial charge is 0.329 e. The quantitative estimate of drug-likeness (QED) is 0.788. The van der Waals surface area contributed by atoms with Gasteiger partial charge >= 0.3 is 12.0 Å². The Kier molecular flexibility index (Phi) is 5.84. The Bertz CT molecular complexity index is 359. The Balaban J connectivity index is 2.82. The molecule has 0 spiro atoms. The molecule has 0 aromatic rings. The number of likely N-dealkylation sites (tertiary alicyclic amines) is 1. The van der Waals surface area contributed by atoms with Crippen LogP contribution in [0.5, 0.6) is 0 Å². The lowest BCUT2D eigenvalue weighted by atomic mass is 9.91. The number of hydrogen-bond donors (Lipinski definition) is 2. The Morgan fingerprint density at radius 3 is 2.50 bits per heavy atom. The maximum atomic E-state index is 12.4. The van der Waals surface area contributed by atoms with Gasteiger partial charge in [-0.05, 0) is 32.1 Å². The average molecular weight is 284 g/mol. The molecular weight excluding hydrogens is 256 g/mol. The molecule has 1 fully saturated rings. The summed E-state index contributed by atoms with van der Waals surface area (Å²) in [5.41, 5.74) is -1.01. The minimum atomic E-state index is -1.01. The molecule has 0 saturated carbocycles. The van der Waals surface area contributed by atoms with Gasteiger partial charge in [0.25, 0.3) is 0 Å². The van der Waals surface area contributed by atoms with E-state index in [0.29, 0.717) is 25.3 Å². The highest BCUT2D eigenvalue weighted by atomic mass is 16.4. The first-order valence-electron chi connectivity index (χ1n) is 7.70. The molecule has 1 aliphatic rings. The predicted molar refractivity (Wildman–Crippen MR) is 78.7 cm³/mol. The first-order chi connectivity index (χ1) is 9.39. The van der Waals surface area contributed by atoms with Gasteiger partial charge < -0.3 is 15.3 Å². The van der Waals surface area contributed by atoms with E-state index < -0.39 is 11.5 Å². The Morgan fingerprint density at radius 1 is 1.35 bits per heavy atom. The fourth-order valence-corrected chi connectivity index (χ4v) is 2.95. The van der Waals surface area contributed by atoms with Crippen molar-refractivity contribution in [2.45, 2.75) is 71.4 Å². The van der Waals surface area contributed by atoms with E-state index in [1.165, 1.54) is 4.90 Å². The normalized spacial score (nSPS) is 25.3. The maximum absolute atomic E-state index is 12.4. The highest BCUT2D eigenvalue weighted by Gasteiger charge is 2.49. The van der Waals surface area contributed by atoms with E-state index in [9.17, 15) is 14.7 Å². The monoisotopic (exact) mass is 284 g/mol. The van der Waals surface area contributed by atoms with E-state index in [-0.39, 0.29) is 12.1 Å². The number of carboxylic acids is 1.